The minimum atomic E-state index is 0.332. The van der Waals surface area contributed by atoms with E-state index in [1.807, 2.05) is 30.3 Å². The van der Waals surface area contributed by atoms with Crippen LogP contribution in [-0.2, 0) is 0 Å². The van der Waals surface area contributed by atoms with Gasteiger partial charge in [0, 0.05) is 11.5 Å². The van der Waals surface area contributed by atoms with Crippen LogP contribution >= 0.6 is 0 Å². The number of hydrogen-bond acceptors (Lipinski definition) is 1. The summed E-state index contributed by atoms with van der Waals surface area (Å²) < 4.78 is 0. The first kappa shape index (κ1) is 10.4. The Hall–Kier alpha value is -1.11. The van der Waals surface area contributed by atoms with Crippen molar-refractivity contribution in [3.05, 3.63) is 35.9 Å². The van der Waals surface area contributed by atoms with Gasteiger partial charge in [0.2, 0.25) is 0 Å². The Morgan fingerprint density at radius 1 is 1.33 bits per heavy atom. The molecule has 0 aromatic heterocycles. The zero-order valence-corrected chi connectivity index (χ0v) is 9.28. The molecule has 0 heterocycles. The van der Waals surface area contributed by atoms with E-state index in [9.17, 15) is 4.79 Å². The van der Waals surface area contributed by atoms with Crippen LogP contribution in [-0.4, -0.2) is 5.78 Å². The summed E-state index contributed by atoms with van der Waals surface area (Å²) in [5.74, 6) is 1.37. The number of rotatable bonds is 5. The van der Waals surface area contributed by atoms with Crippen molar-refractivity contribution in [1.82, 2.24) is 0 Å². The van der Waals surface area contributed by atoms with E-state index >= 15 is 0 Å². The highest BCUT2D eigenvalue weighted by Crippen LogP contribution is 2.44. The summed E-state index contributed by atoms with van der Waals surface area (Å²) in [6.07, 6.45) is 4.86. The molecule has 0 unspecified atom stereocenters. The maximum atomic E-state index is 12.0. The number of ketones is 1. The fourth-order valence-corrected chi connectivity index (χ4v) is 2.17. The van der Waals surface area contributed by atoms with Gasteiger partial charge in [-0.1, -0.05) is 50.1 Å². The number of carbonyl (C=O) groups excluding carboxylic acids is 1. The van der Waals surface area contributed by atoms with E-state index in [-0.39, 0.29) is 0 Å². The van der Waals surface area contributed by atoms with Gasteiger partial charge in [0.1, 0.15) is 0 Å². The van der Waals surface area contributed by atoms with E-state index in [1.54, 1.807) is 0 Å². The van der Waals surface area contributed by atoms with Crippen LogP contribution in [0.3, 0.4) is 0 Å². The molecule has 0 amide bonds. The molecule has 80 valence electrons. The van der Waals surface area contributed by atoms with Crippen molar-refractivity contribution in [2.75, 3.05) is 0 Å². The van der Waals surface area contributed by atoms with Crippen LogP contribution in [0.5, 0.6) is 0 Å². The van der Waals surface area contributed by atoms with Gasteiger partial charge < -0.3 is 0 Å². The van der Waals surface area contributed by atoms with E-state index in [0.717, 1.165) is 12.0 Å². The van der Waals surface area contributed by atoms with E-state index in [4.69, 9.17) is 0 Å². The molecule has 1 aromatic rings. The Kier molecular flexibility index (Phi) is 3.20. The lowest BCUT2D eigenvalue weighted by Gasteiger charge is -1.99. The Balaban J connectivity index is 1.89. The lowest BCUT2D eigenvalue weighted by Crippen LogP contribution is -2.02. The normalized spacial score (nSPS) is 23.8. The summed E-state index contributed by atoms with van der Waals surface area (Å²) in [6.45, 7) is 2.20. The third-order valence-corrected chi connectivity index (χ3v) is 3.25. The maximum absolute atomic E-state index is 12.0. The summed E-state index contributed by atoms with van der Waals surface area (Å²) in [4.78, 5) is 12.0. The second kappa shape index (κ2) is 4.61. The zero-order valence-electron chi connectivity index (χ0n) is 9.28. The average molecular weight is 202 g/mol. The molecule has 1 fully saturated rings. The van der Waals surface area contributed by atoms with Crippen molar-refractivity contribution in [2.24, 2.45) is 11.8 Å². The van der Waals surface area contributed by atoms with Gasteiger partial charge in [0.25, 0.3) is 0 Å². The molecule has 1 aliphatic carbocycles. The van der Waals surface area contributed by atoms with E-state index < -0.39 is 0 Å². The third kappa shape index (κ3) is 2.47. The van der Waals surface area contributed by atoms with Crippen molar-refractivity contribution in [3.8, 4) is 0 Å². The van der Waals surface area contributed by atoms with Crippen LogP contribution < -0.4 is 0 Å². The van der Waals surface area contributed by atoms with Gasteiger partial charge in [0.05, 0.1) is 0 Å². The average Bonchev–Trinajstić information content (AvgIpc) is 3.06. The van der Waals surface area contributed by atoms with E-state index in [2.05, 4.69) is 6.92 Å². The van der Waals surface area contributed by atoms with Crippen LogP contribution in [0, 0.1) is 11.8 Å². The van der Waals surface area contributed by atoms with Crippen LogP contribution in [0.15, 0.2) is 30.3 Å². The van der Waals surface area contributed by atoms with Crippen LogP contribution in [0.1, 0.15) is 43.0 Å². The van der Waals surface area contributed by atoms with Crippen molar-refractivity contribution >= 4 is 5.78 Å². The molecule has 15 heavy (non-hydrogen) atoms. The maximum Gasteiger partial charge on any atom is 0.166 e. The third-order valence-electron chi connectivity index (χ3n) is 3.25. The monoisotopic (exact) mass is 202 g/mol. The van der Waals surface area contributed by atoms with Crippen molar-refractivity contribution in [2.45, 2.75) is 32.6 Å². The SMILES string of the molecule is CCCC[C@@H]1C[C@H]1C(=O)c1ccccc1. The highest BCUT2D eigenvalue weighted by atomic mass is 16.1. The lowest BCUT2D eigenvalue weighted by atomic mass is 10.0. The highest BCUT2D eigenvalue weighted by molar-refractivity contribution is 5.99. The van der Waals surface area contributed by atoms with Crippen LogP contribution in [0.2, 0.25) is 0 Å². The molecule has 1 aromatic carbocycles. The number of Topliss-reactive ketones (excluding diaryl/α,β-unsaturated/α-hetero) is 1. The van der Waals surface area contributed by atoms with Gasteiger partial charge in [0.15, 0.2) is 5.78 Å². The molecular weight excluding hydrogens is 184 g/mol. The first-order valence-electron chi connectivity index (χ1n) is 5.92. The predicted molar refractivity (Wildman–Crippen MR) is 61.9 cm³/mol. The molecule has 1 heteroatoms. The minimum absolute atomic E-state index is 0.332. The van der Waals surface area contributed by atoms with E-state index in [1.165, 1.54) is 19.3 Å². The molecule has 2 atom stereocenters. The summed E-state index contributed by atoms with van der Waals surface area (Å²) in [5, 5.41) is 0. The lowest BCUT2D eigenvalue weighted by molar-refractivity contribution is 0.0960. The minimum Gasteiger partial charge on any atom is -0.294 e. The van der Waals surface area contributed by atoms with Gasteiger partial charge in [-0.05, 0) is 18.8 Å². The Labute approximate surface area is 91.5 Å². The second-order valence-corrected chi connectivity index (χ2v) is 4.47. The van der Waals surface area contributed by atoms with Crippen molar-refractivity contribution < 1.29 is 4.79 Å². The summed E-state index contributed by atoms with van der Waals surface area (Å²) in [7, 11) is 0. The largest absolute Gasteiger partial charge is 0.294 e. The van der Waals surface area contributed by atoms with Crippen molar-refractivity contribution in [1.29, 1.82) is 0 Å². The Bertz CT molecular complexity index is 328. The number of benzene rings is 1. The van der Waals surface area contributed by atoms with Gasteiger partial charge >= 0.3 is 0 Å². The molecule has 0 radical (unpaired) electrons. The second-order valence-electron chi connectivity index (χ2n) is 4.47. The topological polar surface area (TPSA) is 17.1 Å². The summed E-state index contributed by atoms with van der Waals surface area (Å²) in [5.41, 5.74) is 0.890. The van der Waals surface area contributed by atoms with Gasteiger partial charge in [-0.15, -0.1) is 0 Å². The molecule has 1 nitrogen and oxygen atoms in total. The molecule has 1 saturated carbocycles. The predicted octanol–water partition coefficient (Wildman–Crippen LogP) is 3.70. The fourth-order valence-electron chi connectivity index (χ4n) is 2.17. The van der Waals surface area contributed by atoms with Crippen molar-refractivity contribution in [3.63, 3.8) is 0 Å². The van der Waals surface area contributed by atoms with Gasteiger partial charge in [-0.3, -0.25) is 4.79 Å². The summed E-state index contributed by atoms with van der Waals surface area (Å²) >= 11 is 0. The Morgan fingerprint density at radius 3 is 2.73 bits per heavy atom. The van der Waals surface area contributed by atoms with Gasteiger partial charge in [-0.2, -0.15) is 0 Å². The fraction of sp³-hybridized carbons (Fsp3) is 0.500. The zero-order chi connectivity index (χ0) is 10.7. The van der Waals surface area contributed by atoms with Gasteiger partial charge in [-0.25, -0.2) is 0 Å². The molecule has 0 saturated heterocycles. The number of unbranched alkanes of at least 4 members (excludes halogenated alkanes) is 1. The smallest absolute Gasteiger partial charge is 0.166 e. The van der Waals surface area contributed by atoms with Crippen LogP contribution in [0.4, 0.5) is 0 Å². The molecule has 1 aliphatic rings. The van der Waals surface area contributed by atoms with E-state index in [0.29, 0.717) is 17.6 Å². The standard InChI is InChI=1S/C14H18O/c1-2-3-7-12-10-13(12)14(15)11-8-5-4-6-9-11/h4-6,8-9,12-13H,2-3,7,10H2,1H3/t12-,13-/m1/s1. The quantitative estimate of drug-likeness (QED) is 0.665. The molecule has 0 bridgehead atoms. The molecule has 0 aliphatic heterocycles. The summed E-state index contributed by atoms with van der Waals surface area (Å²) in [6, 6.07) is 9.70. The molecule has 0 spiro atoms. The molecular formula is C14H18O. The highest BCUT2D eigenvalue weighted by Gasteiger charge is 2.41. The molecule has 0 N–H and O–H groups in total. The number of carbonyl (C=O) groups is 1. The first-order valence-corrected chi connectivity index (χ1v) is 5.92. The first-order chi connectivity index (χ1) is 7.33. The van der Waals surface area contributed by atoms with Crippen LogP contribution in [0.25, 0.3) is 0 Å². The molecule has 2 rings (SSSR count). The number of hydrogen-bond donors (Lipinski definition) is 0. The Morgan fingerprint density at radius 2 is 2.07 bits per heavy atom.